The lowest BCUT2D eigenvalue weighted by Crippen LogP contribution is -2.48. The van der Waals surface area contributed by atoms with Crippen LogP contribution in [0.1, 0.15) is 16.1 Å². The number of nitrogens with zero attached hydrogens (tertiary/aromatic N) is 4. The zero-order chi connectivity index (χ0) is 21.1. The van der Waals surface area contributed by atoms with Gasteiger partial charge in [0.15, 0.2) is 0 Å². The van der Waals surface area contributed by atoms with Crippen LogP contribution in [0, 0.1) is 0 Å². The molecule has 0 radical (unpaired) electrons. The summed E-state index contributed by atoms with van der Waals surface area (Å²) >= 11 is 0. The molecule has 1 fully saturated rings. The highest BCUT2D eigenvalue weighted by molar-refractivity contribution is 5.94. The van der Waals surface area contributed by atoms with E-state index in [1.54, 1.807) is 29.3 Å². The van der Waals surface area contributed by atoms with Gasteiger partial charge in [-0.3, -0.25) is 18.9 Å². The Morgan fingerprint density at radius 1 is 1.07 bits per heavy atom. The molecule has 1 amide bonds. The Balaban J connectivity index is 1.38. The summed E-state index contributed by atoms with van der Waals surface area (Å²) in [5.41, 5.74) is 1.46. The van der Waals surface area contributed by atoms with Crippen molar-refractivity contribution in [2.24, 2.45) is 0 Å². The lowest BCUT2D eigenvalue weighted by Gasteiger charge is -2.34. The maximum Gasteiger partial charge on any atom is 0.387 e. The van der Waals surface area contributed by atoms with Gasteiger partial charge in [-0.25, -0.2) is 4.98 Å². The van der Waals surface area contributed by atoms with E-state index in [0.717, 1.165) is 0 Å². The topological polar surface area (TPSA) is 67.2 Å². The molecule has 1 aliphatic heterocycles. The number of halogens is 2. The zero-order valence-electron chi connectivity index (χ0n) is 16.1. The van der Waals surface area contributed by atoms with Gasteiger partial charge in [0.05, 0.1) is 5.69 Å². The largest absolute Gasteiger partial charge is 0.435 e. The second-order valence-electron chi connectivity index (χ2n) is 6.99. The lowest BCUT2D eigenvalue weighted by atomic mass is 10.1. The smallest absolute Gasteiger partial charge is 0.387 e. The summed E-state index contributed by atoms with van der Waals surface area (Å²) in [5, 5.41) is 0. The molecule has 3 aromatic rings. The van der Waals surface area contributed by atoms with Crippen molar-refractivity contribution in [3.05, 3.63) is 76.3 Å². The minimum Gasteiger partial charge on any atom is -0.435 e. The van der Waals surface area contributed by atoms with E-state index in [0.29, 0.717) is 49.6 Å². The van der Waals surface area contributed by atoms with Crippen LogP contribution >= 0.6 is 0 Å². The first-order valence-electron chi connectivity index (χ1n) is 9.53. The fraction of sp³-hybridized carbons (Fsp3) is 0.286. The number of benzene rings is 1. The molecule has 156 valence electrons. The Morgan fingerprint density at radius 3 is 2.63 bits per heavy atom. The molecule has 30 heavy (non-hydrogen) atoms. The normalized spacial score (nSPS) is 15.0. The van der Waals surface area contributed by atoms with Crippen molar-refractivity contribution >= 4 is 11.6 Å². The number of fused-ring (bicyclic) bond motifs is 1. The number of rotatable bonds is 5. The molecular formula is C21H20F2N4O3. The third-order valence-corrected chi connectivity index (χ3v) is 4.98. The predicted molar refractivity (Wildman–Crippen MR) is 106 cm³/mol. The molecule has 7 nitrogen and oxygen atoms in total. The van der Waals surface area contributed by atoms with Crippen LogP contribution in [-0.4, -0.2) is 57.9 Å². The molecule has 3 heterocycles. The minimum absolute atomic E-state index is 0.0387. The summed E-state index contributed by atoms with van der Waals surface area (Å²) in [7, 11) is 0. The fourth-order valence-corrected chi connectivity index (χ4v) is 3.51. The van der Waals surface area contributed by atoms with Crippen LogP contribution < -0.4 is 10.3 Å². The average Bonchev–Trinajstić information content (AvgIpc) is 2.73. The highest BCUT2D eigenvalue weighted by Gasteiger charge is 2.23. The van der Waals surface area contributed by atoms with E-state index < -0.39 is 6.61 Å². The van der Waals surface area contributed by atoms with Gasteiger partial charge in [0.2, 0.25) is 0 Å². The van der Waals surface area contributed by atoms with Gasteiger partial charge in [-0.1, -0.05) is 12.1 Å². The molecule has 0 aliphatic carbocycles. The number of hydrogen-bond donors (Lipinski definition) is 0. The number of aromatic nitrogens is 2. The quantitative estimate of drug-likeness (QED) is 0.641. The van der Waals surface area contributed by atoms with Gasteiger partial charge in [0.25, 0.3) is 11.5 Å². The van der Waals surface area contributed by atoms with E-state index >= 15 is 0 Å². The second-order valence-corrected chi connectivity index (χ2v) is 6.99. The van der Waals surface area contributed by atoms with Gasteiger partial charge in [0.1, 0.15) is 11.4 Å². The molecule has 0 N–H and O–H groups in total. The maximum absolute atomic E-state index is 12.7. The molecular weight excluding hydrogens is 394 g/mol. The monoisotopic (exact) mass is 414 g/mol. The highest BCUT2D eigenvalue weighted by atomic mass is 19.3. The van der Waals surface area contributed by atoms with Crippen LogP contribution in [0.4, 0.5) is 8.78 Å². The Bertz CT molecular complexity index is 1110. The van der Waals surface area contributed by atoms with Crippen molar-refractivity contribution < 1.29 is 18.3 Å². The number of piperazine rings is 1. The molecule has 1 aliphatic rings. The van der Waals surface area contributed by atoms with Gasteiger partial charge < -0.3 is 9.64 Å². The summed E-state index contributed by atoms with van der Waals surface area (Å²) in [4.78, 5) is 33.3. The third-order valence-electron chi connectivity index (χ3n) is 4.98. The molecule has 0 unspecified atom stereocenters. The second kappa shape index (κ2) is 8.58. The highest BCUT2D eigenvalue weighted by Crippen LogP contribution is 2.18. The van der Waals surface area contributed by atoms with E-state index in [2.05, 4.69) is 14.6 Å². The first-order chi connectivity index (χ1) is 14.5. The van der Waals surface area contributed by atoms with Crippen LogP contribution in [0.15, 0.2) is 59.5 Å². The van der Waals surface area contributed by atoms with Crippen LogP contribution in [0.3, 0.4) is 0 Å². The van der Waals surface area contributed by atoms with Crippen LogP contribution in [-0.2, 0) is 6.54 Å². The van der Waals surface area contributed by atoms with Crippen molar-refractivity contribution in [3.63, 3.8) is 0 Å². The number of carbonyl (C=O) groups excluding carboxylic acids is 1. The SMILES string of the molecule is O=C(c1cccc(OC(F)F)c1)N1CCN(Cc2cc(=O)n3ccccc3n2)CC1. The molecule has 0 atom stereocenters. The molecule has 4 rings (SSSR count). The Kier molecular flexibility index (Phi) is 5.71. The number of amides is 1. The first-order valence-corrected chi connectivity index (χ1v) is 9.53. The standard InChI is InChI=1S/C21H20F2N4O3/c22-21(23)30-17-5-3-4-15(12-17)20(29)26-10-8-25(9-11-26)14-16-13-19(28)27-7-2-1-6-18(27)24-16/h1-7,12-13,21H,8-11,14H2. The Labute approximate surface area is 171 Å². The number of pyridine rings is 1. The predicted octanol–water partition coefficient (Wildman–Crippen LogP) is 2.25. The molecule has 2 aromatic heterocycles. The Morgan fingerprint density at radius 2 is 1.87 bits per heavy atom. The summed E-state index contributed by atoms with van der Waals surface area (Å²) in [6.07, 6.45) is 1.68. The van der Waals surface area contributed by atoms with Crippen molar-refractivity contribution in [1.82, 2.24) is 19.2 Å². The van der Waals surface area contributed by atoms with E-state index in [-0.39, 0.29) is 17.2 Å². The van der Waals surface area contributed by atoms with Crippen molar-refractivity contribution in [2.45, 2.75) is 13.2 Å². The number of hydrogen-bond acceptors (Lipinski definition) is 5. The summed E-state index contributed by atoms with van der Waals surface area (Å²) in [6, 6.07) is 12.7. The molecule has 0 spiro atoms. The summed E-state index contributed by atoms with van der Waals surface area (Å²) < 4.78 is 30.6. The van der Waals surface area contributed by atoms with Crippen molar-refractivity contribution in [3.8, 4) is 5.75 Å². The van der Waals surface area contributed by atoms with Gasteiger partial charge in [-0.2, -0.15) is 8.78 Å². The van der Waals surface area contributed by atoms with Crippen LogP contribution in [0.25, 0.3) is 5.65 Å². The summed E-state index contributed by atoms with van der Waals surface area (Å²) in [5.74, 6) is -0.264. The van der Waals surface area contributed by atoms with Crippen molar-refractivity contribution in [2.75, 3.05) is 26.2 Å². The van der Waals surface area contributed by atoms with E-state index in [1.165, 1.54) is 28.7 Å². The summed E-state index contributed by atoms with van der Waals surface area (Å²) in [6.45, 7) is -0.198. The van der Waals surface area contributed by atoms with Gasteiger partial charge >= 0.3 is 6.61 Å². The molecule has 0 saturated carbocycles. The zero-order valence-corrected chi connectivity index (χ0v) is 16.1. The van der Waals surface area contributed by atoms with E-state index in [1.807, 2.05) is 6.07 Å². The fourth-order valence-electron chi connectivity index (χ4n) is 3.51. The minimum atomic E-state index is -2.93. The Hall–Kier alpha value is -3.33. The number of alkyl halides is 2. The molecule has 9 heteroatoms. The maximum atomic E-state index is 12.7. The molecule has 0 bridgehead atoms. The molecule has 1 aromatic carbocycles. The third kappa shape index (κ3) is 4.46. The number of ether oxygens (including phenoxy) is 1. The lowest BCUT2D eigenvalue weighted by molar-refractivity contribution is -0.0499. The number of carbonyl (C=O) groups is 1. The van der Waals surface area contributed by atoms with Gasteiger partial charge in [-0.05, 0) is 30.3 Å². The first kappa shape index (κ1) is 20.0. The average molecular weight is 414 g/mol. The molecule has 1 saturated heterocycles. The van der Waals surface area contributed by atoms with Gasteiger partial charge in [0, 0.05) is 50.6 Å². The van der Waals surface area contributed by atoms with Crippen molar-refractivity contribution in [1.29, 1.82) is 0 Å². The van der Waals surface area contributed by atoms with Crippen LogP contribution in [0.5, 0.6) is 5.75 Å². The van der Waals surface area contributed by atoms with E-state index in [9.17, 15) is 18.4 Å². The van der Waals surface area contributed by atoms with E-state index in [4.69, 9.17) is 0 Å². The van der Waals surface area contributed by atoms with Crippen LogP contribution in [0.2, 0.25) is 0 Å². The van der Waals surface area contributed by atoms with Gasteiger partial charge in [-0.15, -0.1) is 0 Å².